The maximum Gasteiger partial charge on any atom is 0.339 e. The maximum atomic E-state index is 13.0. The van der Waals surface area contributed by atoms with Gasteiger partial charge in [0.25, 0.3) is 0 Å². The predicted molar refractivity (Wildman–Crippen MR) is 358 cm³/mol. The van der Waals surface area contributed by atoms with Gasteiger partial charge in [-0.1, -0.05) is 105 Å². The number of carbonyl (C=O) groups is 9. The fourth-order valence-electron chi connectivity index (χ4n) is 8.17. The summed E-state index contributed by atoms with van der Waals surface area (Å²) in [4.78, 5) is 109. The van der Waals surface area contributed by atoms with Gasteiger partial charge in [0, 0.05) is 22.6 Å². The zero-order valence-electron chi connectivity index (χ0n) is 55.6. The molecule has 24 nitrogen and oxygen atoms in total. The monoisotopic (exact) mass is 1360 g/mol. The summed E-state index contributed by atoms with van der Waals surface area (Å²) in [6, 6.07) is 25.3. The van der Waals surface area contributed by atoms with Crippen LogP contribution in [0.4, 0.5) is 0 Å². The molecule has 0 spiro atoms. The number of carbonyl (C=O) groups excluding carboxylic acids is 9. The molecule has 4 rings (SSSR count). The molecule has 0 amide bonds. The first-order valence-corrected chi connectivity index (χ1v) is 30.7. The van der Waals surface area contributed by atoms with E-state index in [0.29, 0.717) is 25.2 Å². The first kappa shape index (κ1) is 81.3. The Bertz CT molecular complexity index is 3530. The van der Waals surface area contributed by atoms with Gasteiger partial charge in [-0.15, -0.1) is 0 Å². The van der Waals surface area contributed by atoms with E-state index in [9.17, 15) is 53.4 Å². The van der Waals surface area contributed by atoms with E-state index in [1.807, 2.05) is 51.1 Å². The van der Waals surface area contributed by atoms with Crippen molar-refractivity contribution in [3.63, 3.8) is 0 Å². The third-order valence-electron chi connectivity index (χ3n) is 13.4. The Hall–Kier alpha value is -11.0. The number of aliphatic hydroxyl groups excluding tert-OH is 3. The summed E-state index contributed by atoms with van der Waals surface area (Å²) in [6.45, 7) is 25.0. The molecule has 0 fully saturated rings. The first-order chi connectivity index (χ1) is 47.0. The number of rotatable bonds is 41. The van der Waals surface area contributed by atoms with E-state index in [0.717, 1.165) is 22.8 Å². The quantitative estimate of drug-likeness (QED) is 0.00929. The van der Waals surface area contributed by atoms with Crippen LogP contribution in [0, 0.1) is 0 Å². The molecule has 4 aromatic rings. The van der Waals surface area contributed by atoms with Crippen molar-refractivity contribution >= 4 is 53.7 Å². The molecule has 0 aliphatic rings. The topological polar surface area (TPSA) is 325 Å². The lowest BCUT2D eigenvalue weighted by atomic mass is 9.70. The Kier molecular flexibility index (Phi) is 37.0. The van der Waals surface area contributed by atoms with E-state index in [-0.39, 0.29) is 116 Å². The van der Waals surface area contributed by atoms with Crippen molar-refractivity contribution in [3.05, 3.63) is 246 Å². The molecule has 3 N–H and O–H groups in total. The van der Waals surface area contributed by atoms with Crippen molar-refractivity contribution in [1.29, 1.82) is 0 Å². The summed E-state index contributed by atoms with van der Waals surface area (Å²) < 4.78 is 62.5. The van der Waals surface area contributed by atoms with Crippen molar-refractivity contribution < 1.29 is 115 Å². The minimum atomic E-state index is -1.27. The number of benzene rings is 4. The second kappa shape index (κ2) is 44.7. The minimum Gasteiger partial charge on any atom is -0.498 e. The molecule has 0 radical (unpaired) electrons. The lowest BCUT2D eigenvalue weighted by molar-refractivity contribution is -0.140. The third kappa shape index (κ3) is 28.2. The fraction of sp³-hybridized carbons (Fsp3) is 0.311. The van der Waals surface area contributed by atoms with Crippen molar-refractivity contribution in [3.8, 4) is 5.75 Å². The van der Waals surface area contributed by atoms with Crippen LogP contribution in [0.25, 0.3) is 0 Å². The molecule has 524 valence electrons. The minimum absolute atomic E-state index is 0.0106. The number of ether oxygens (including phenoxy) is 12. The van der Waals surface area contributed by atoms with Gasteiger partial charge >= 0.3 is 53.7 Å². The molecule has 0 heterocycles. The number of allylic oxidation sites excluding steroid dienone is 8. The van der Waals surface area contributed by atoms with Crippen molar-refractivity contribution in [2.45, 2.75) is 65.1 Å². The Morgan fingerprint density at radius 3 is 1.28 bits per heavy atom. The van der Waals surface area contributed by atoms with Gasteiger partial charge in [-0.05, 0) is 125 Å². The molecule has 0 saturated heterocycles. The molecule has 0 aliphatic carbocycles. The molecule has 0 aliphatic heterocycles. The molecular formula is C74H84O24. The first-order valence-electron chi connectivity index (χ1n) is 30.7. The number of aliphatic hydroxyl groups is 3. The van der Waals surface area contributed by atoms with Crippen molar-refractivity contribution in [2.75, 3.05) is 85.9 Å². The number of hydrogen-bond acceptors (Lipinski definition) is 24. The second-order valence-corrected chi connectivity index (χ2v) is 20.8. The van der Waals surface area contributed by atoms with E-state index in [1.165, 1.54) is 74.7 Å². The standard InChI is InChI=1S/C58H66O17.C16H18O7/c1-9-42(20-19-31-67-36-44(59)38-74-56(65)50-23-15-13-21-48(50)54(63)70-33-18-17-32-69-52(61)11-3)58(8,43-26-29-47(30-27-43)68-12-4)41(7)25-28-46(10-2)73-37-45(60)39-75-57(66)51-24-16-14-22-49(51)55(64)72-35-34-71-53(62)40(5)6;1-11(2)14(18)22-9-10-23-16(20)13-6-4-3-5-12(13)15(19)21-8-7-17/h9-11,13-16,19-31,44-45,59-60H,1-3,5,12,17-18,32-39H2,4,6-8H3;3-6,17H,1,7-10H2,2H3/b31-19+,41-25+,42-20+,46-28+;. The van der Waals surface area contributed by atoms with Crippen LogP contribution < -0.4 is 4.74 Å². The highest BCUT2D eigenvalue weighted by Crippen LogP contribution is 2.40. The van der Waals surface area contributed by atoms with Gasteiger partial charge in [0.05, 0.1) is 66.1 Å². The van der Waals surface area contributed by atoms with Gasteiger partial charge < -0.3 is 72.2 Å². The van der Waals surface area contributed by atoms with Gasteiger partial charge in [-0.2, -0.15) is 0 Å². The lowest BCUT2D eigenvalue weighted by Crippen LogP contribution is -2.26. The number of esters is 9. The summed E-state index contributed by atoms with van der Waals surface area (Å²) >= 11 is 0. The molecule has 3 atom stereocenters. The van der Waals surface area contributed by atoms with Crippen LogP contribution in [-0.4, -0.2) is 167 Å². The maximum absolute atomic E-state index is 13.0. The van der Waals surface area contributed by atoms with E-state index in [4.69, 9.17) is 61.9 Å². The highest BCUT2D eigenvalue weighted by Gasteiger charge is 2.32. The van der Waals surface area contributed by atoms with Crippen molar-refractivity contribution in [2.24, 2.45) is 0 Å². The van der Waals surface area contributed by atoms with Gasteiger partial charge in [0.2, 0.25) is 0 Å². The largest absolute Gasteiger partial charge is 0.498 e. The molecule has 3 unspecified atom stereocenters. The zero-order valence-corrected chi connectivity index (χ0v) is 55.6. The molecular weight excluding hydrogens is 1270 g/mol. The van der Waals surface area contributed by atoms with E-state index < -0.39 is 84.6 Å². The summed E-state index contributed by atoms with van der Waals surface area (Å²) in [7, 11) is 0. The molecule has 0 saturated carbocycles. The Balaban J connectivity index is 0.000000914. The normalized spacial score (nSPS) is 12.4. The molecule has 24 heteroatoms. The van der Waals surface area contributed by atoms with Crippen LogP contribution in [0.15, 0.2) is 207 Å². The third-order valence-corrected chi connectivity index (χ3v) is 13.4. The zero-order chi connectivity index (χ0) is 72.4. The Morgan fingerprint density at radius 1 is 0.469 bits per heavy atom. The highest BCUT2D eigenvalue weighted by molar-refractivity contribution is 6.04. The molecule has 4 aromatic carbocycles. The van der Waals surface area contributed by atoms with Crippen LogP contribution in [0.1, 0.15) is 115 Å². The van der Waals surface area contributed by atoms with Crippen LogP contribution >= 0.6 is 0 Å². The van der Waals surface area contributed by atoms with Crippen LogP contribution in [-0.2, 0) is 71.9 Å². The van der Waals surface area contributed by atoms with Gasteiger partial charge in [-0.3, -0.25) is 0 Å². The van der Waals surface area contributed by atoms with Gasteiger partial charge in [-0.25, -0.2) is 43.2 Å². The van der Waals surface area contributed by atoms with Gasteiger partial charge in [0.15, 0.2) is 0 Å². The summed E-state index contributed by atoms with van der Waals surface area (Å²) in [5.41, 5.74) is 1.90. The van der Waals surface area contributed by atoms with Crippen molar-refractivity contribution in [1.82, 2.24) is 0 Å². The smallest absolute Gasteiger partial charge is 0.339 e. The summed E-state index contributed by atoms with van der Waals surface area (Å²) in [5.74, 6) is -5.57. The second-order valence-electron chi connectivity index (χ2n) is 20.8. The fourth-order valence-corrected chi connectivity index (χ4v) is 8.17. The molecule has 0 aromatic heterocycles. The van der Waals surface area contributed by atoms with Crippen LogP contribution in [0.5, 0.6) is 5.75 Å². The van der Waals surface area contributed by atoms with Crippen LogP contribution in [0.3, 0.4) is 0 Å². The average Bonchev–Trinajstić information content (AvgIpc) is 0.784. The number of unbranched alkanes of at least 4 members (excludes halogenated alkanes) is 1. The Morgan fingerprint density at radius 2 is 0.867 bits per heavy atom. The van der Waals surface area contributed by atoms with Crippen LogP contribution in [0.2, 0.25) is 0 Å². The van der Waals surface area contributed by atoms with Gasteiger partial charge in [0.1, 0.15) is 83.2 Å². The summed E-state index contributed by atoms with van der Waals surface area (Å²) in [5, 5.41) is 30.0. The van der Waals surface area contributed by atoms with E-state index in [1.54, 1.807) is 48.6 Å². The lowest BCUT2D eigenvalue weighted by Gasteiger charge is -2.33. The number of hydrogen-bond donors (Lipinski definition) is 3. The molecule has 0 bridgehead atoms. The highest BCUT2D eigenvalue weighted by atomic mass is 16.6. The average molecular weight is 1360 g/mol. The SMILES string of the molecule is C=C(C)C(=O)OCCOC(=O)c1ccccc1C(=O)OCCO.C=CC(=O)OCCCCOC(=O)c1ccccc1C(=O)OCC(O)CO/C=C/C=C(\C=C)C(C)(/C(C)=C/C=C(\C=C)OCC(O)COC(=O)c1ccccc1C(=O)OCCOC(=O)C(=C)C)c1ccc(OCC)cc1. The Labute approximate surface area is 569 Å². The summed E-state index contributed by atoms with van der Waals surface area (Å²) in [6.07, 6.45) is 10.9. The van der Waals surface area contributed by atoms with E-state index >= 15 is 0 Å². The van der Waals surface area contributed by atoms with E-state index in [2.05, 4.69) is 32.9 Å². The molecule has 98 heavy (non-hydrogen) atoms. The predicted octanol–water partition coefficient (Wildman–Crippen LogP) is 9.51.